The molecule has 1 fully saturated rings. The molecule has 30 heavy (non-hydrogen) atoms. The van der Waals surface area contributed by atoms with Crippen LogP contribution in [0.1, 0.15) is 11.4 Å². The first-order chi connectivity index (χ1) is 14.4. The SMILES string of the molecule is Cc1nc2ccc(NC(=O)CN3C[C@H](O)[C@@H](N(C)Cc4ccc(F)cc4)C3)cc2[nH]1. The van der Waals surface area contributed by atoms with Gasteiger partial charge in [-0.25, -0.2) is 9.37 Å². The summed E-state index contributed by atoms with van der Waals surface area (Å²) in [5.74, 6) is 0.441. The standard InChI is InChI=1S/C22H26FN5O2/c1-14-24-18-8-7-17(9-19(18)25-14)26-22(30)13-28-11-20(21(29)12-28)27(2)10-15-3-5-16(23)6-4-15/h3-9,20-21,29H,10-13H2,1-2H3,(H,24,25)(H,26,30)/t20-,21-/m0/s1. The van der Waals surface area contributed by atoms with Crippen LogP contribution >= 0.6 is 0 Å². The van der Waals surface area contributed by atoms with E-state index in [9.17, 15) is 14.3 Å². The number of β-amino-alcohol motifs (C(OH)–C–C–N with tert-alkyl or cyclic N) is 1. The first kappa shape index (κ1) is 20.5. The summed E-state index contributed by atoms with van der Waals surface area (Å²) in [6.45, 7) is 3.72. The third-order valence-electron chi connectivity index (χ3n) is 5.50. The lowest BCUT2D eigenvalue weighted by molar-refractivity contribution is -0.117. The van der Waals surface area contributed by atoms with Crippen LogP contribution in [0.4, 0.5) is 10.1 Å². The zero-order valence-corrected chi connectivity index (χ0v) is 17.1. The summed E-state index contributed by atoms with van der Waals surface area (Å²) in [5, 5.41) is 13.4. The van der Waals surface area contributed by atoms with Gasteiger partial charge in [0.05, 0.1) is 23.7 Å². The molecule has 3 N–H and O–H groups in total. The van der Waals surface area contributed by atoms with E-state index in [0.717, 1.165) is 22.4 Å². The van der Waals surface area contributed by atoms with Gasteiger partial charge in [0.25, 0.3) is 0 Å². The second-order valence-corrected chi connectivity index (χ2v) is 7.97. The summed E-state index contributed by atoms with van der Waals surface area (Å²) in [7, 11) is 1.93. The molecule has 8 heteroatoms. The zero-order valence-electron chi connectivity index (χ0n) is 17.1. The number of benzene rings is 2. The zero-order chi connectivity index (χ0) is 21.3. The summed E-state index contributed by atoms with van der Waals surface area (Å²) >= 11 is 0. The number of likely N-dealkylation sites (tertiary alicyclic amines) is 1. The number of anilines is 1. The Morgan fingerprint density at radius 1 is 1.30 bits per heavy atom. The molecule has 1 amide bonds. The minimum absolute atomic E-state index is 0.0906. The van der Waals surface area contributed by atoms with Crippen molar-refractivity contribution in [2.75, 3.05) is 32.0 Å². The molecule has 158 valence electrons. The number of aliphatic hydroxyl groups excluding tert-OH is 1. The Morgan fingerprint density at radius 3 is 2.83 bits per heavy atom. The minimum Gasteiger partial charge on any atom is -0.390 e. The van der Waals surface area contributed by atoms with Gasteiger partial charge in [-0.2, -0.15) is 0 Å². The van der Waals surface area contributed by atoms with Crippen LogP contribution in [0.2, 0.25) is 0 Å². The number of carbonyl (C=O) groups is 1. The van der Waals surface area contributed by atoms with Crippen molar-refractivity contribution < 1.29 is 14.3 Å². The molecule has 0 spiro atoms. The topological polar surface area (TPSA) is 84.5 Å². The first-order valence-corrected chi connectivity index (χ1v) is 9.99. The highest BCUT2D eigenvalue weighted by Gasteiger charge is 2.34. The smallest absolute Gasteiger partial charge is 0.238 e. The molecule has 1 aromatic heterocycles. The third kappa shape index (κ3) is 4.67. The first-order valence-electron chi connectivity index (χ1n) is 9.99. The van der Waals surface area contributed by atoms with Gasteiger partial charge in [-0.15, -0.1) is 0 Å². The number of halogens is 1. The predicted molar refractivity (Wildman–Crippen MR) is 114 cm³/mol. The van der Waals surface area contributed by atoms with E-state index in [1.165, 1.54) is 12.1 Å². The minimum atomic E-state index is -0.549. The molecule has 0 saturated carbocycles. The maximum absolute atomic E-state index is 13.1. The second-order valence-electron chi connectivity index (χ2n) is 7.97. The molecule has 0 aliphatic carbocycles. The fourth-order valence-corrected chi connectivity index (χ4v) is 4.02. The molecule has 0 bridgehead atoms. The molecule has 7 nitrogen and oxygen atoms in total. The molecule has 1 aliphatic rings. The van der Waals surface area contributed by atoms with Gasteiger partial charge in [-0.05, 0) is 49.9 Å². The molecule has 0 radical (unpaired) electrons. The van der Waals surface area contributed by atoms with Gasteiger partial charge in [-0.3, -0.25) is 14.6 Å². The fraction of sp³-hybridized carbons (Fsp3) is 0.364. The molecule has 2 atom stereocenters. The summed E-state index contributed by atoms with van der Waals surface area (Å²) in [5.41, 5.74) is 3.43. The number of nitrogens with one attached hydrogen (secondary N) is 2. The Kier molecular flexibility index (Phi) is 5.80. The number of amides is 1. The molecular weight excluding hydrogens is 385 g/mol. The van der Waals surface area contributed by atoms with Crippen molar-refractivity contribution in [3.05, 3.63) is 59.7 Å². The second kappa shape index (κ2) is 8.51. The van der Waals surface area contributed by atoms with E-state index in [-0.39, 0.29) is 24.3 Å². The number of aryl methyl sites for hydroxylation is 1. The quantitative estimate of drug-likeness (QED) is 0.579. The lowest BCUT2D eigenvalue weighted by atomic mass is 10.1. The number of carbonyl (C=O) groups excluding carboxylic acids is 1. The maximum atomic E-state index is 13.1. The predicted octanol–water partition coefficient (Wildman–Crippen LogP) is 2.13. The molecule has 0 unspecified atom stereocenters. The Bertz CT molecular complexity index is 1040. The van der Waals surface area contributed by atoms with Crippen molar-refractivity contribution in [3.63, 3.8) is 0 Å². The monoisotopic (exact) mass is 411 g/mol. The van der Waals surface area contributed by atoms with Crippen molar-refractivity contribution >= 4 is 22.6 Å². The van der Waals surface area contributed by atoms with Crippen LogP contribution in [0, 0.1) is 12.7 Å². The van der Waals surface area contributed by atoms with Gasteiger partial charge in [0, 0.05) is 31.4 Å². The average molecular weight is 411 g/mol. The van der Waals surface area contributed by atoms with Crippen LogP contribution in [0.15, 0.2) is 42.5 Å². The third-order valence-corrected chi connectivity index (χ3v) is 5.50. The van der Waals surface area contributed by atoms with Crippen molar-refractivity contribution in [2.24, 2.45) is 0 Å². The number of aromatic nitrogens is 2. The van der Waals surface area contributed by atoms with Gasteiger partial charge >= 0.3 is 0 Å². The number of fused-ring (bicyclic) bond motifs is 1. The molecule has 1 saturated heterocycles. The highest BCUT2D eigenvalue weighted by molar-refractivity contribution is 5.94. The number of hydrogen-bond donors (Lipinski definition) is 3. The van der Waals surface area contributed by atoms with Crippen molar-refractivity contribution in [1.29, 1.82) is 0 Å². The average Bonchev–Trinajstić information content (AvgIpc) is 3.24. The number of likely N-dealkylation sites (N-methyl/N-ethyl adjacent to an activating group) is 1. The van der Waals surface area contributed by atoms with Crippen LogP contribution in [0.3, 0.4) is 0 Å². The lowest BCUT2D eigenvalue weighted by Gasteiger charge is -2.26. The van der Waals surface area contributed by atoms with Crippen molar-refractivity contribution in [3.8, 4) is 0 Å². The summed E-state index contributed by atoms with van der Waals surface area (Å²) in [6.07, 6.45) is -0.549. The summed E-state index contributed by atoms with van der Waals surface area (Å²) in [6, 6.07) is 11.8. The molecule has 4 rings (SSSR count). The van der Waals surface area contributed by atoms with Crippen LogP contribution in [0.25, 0.3) is 11.0 Å². The number of rotatable bonds is 6. The maximum Gasteiger partial charge on any atom is 0.238 e. The van der Waals surface area contributed by atoms with Gasteiger partial charge in [-0.1, -0.05) is 12.1 Å². The molecule has 2 heterocycles. The number of aliphatic hydroxyl groups is 1. The lowest BCUT2D eigenvalue weighted by Crippen LogP contribution is -2.40. The Balaban J connectivity index is 1.32. The van der Waals surface area contributed by atoms with Crippen molar-refractivity contribution in [2.45, 2.75) is 25.6 Å². The normalized spacial score (nSPS) is 19.6. The van der Waals surface area contributed by atoms with E-state index in [2.05, 4.69) is 15.3 Å². The van der Waals surface area contributed by atoms with E-state index < -0.39 is 6.10 Å². The Labute approximate surface area is 174 Å². The van der Waals surface area contributed by atoms with E-state index in [4.69, 9.17) is 0 Å². The van der Waals surface area contributed by atoms with Gasteiger partial charge in [0.2, 0.25) is 5.91 Å². The van der Waals surface area contributed by atoms with Gasteiger partial charge < -0.3 is 15.4 Å². The Morgan fingerprint density at radius 2 is 2.07 bits per heavy atom. The van der Waals surface area contributed by atoms with E-state index >= 15 is 0 Å². The Hall–Kier alpha value is -2.81. The fourth-order valence-electron chi connectivity index (χ4n) is 4.02. The van der Waals surface area contributed by atoms with E-state index in [1.54, 1.807) is 12.1 Å². The highest BCUT2D eigenvalue weighted by atomic mass is 19.1. The summed E-state index contributed by atoms with van der Waals surface area (Å²) < 4.78 is 13.1. The van der Waals surface area contributed by atoms with Crippen molar-refractivity contribution in [1.82, 2.24) is 19.8 Å². The summed E-state index contributed by atoms with van der Waals surface area (Å²) in [4.78, 5) is 24.0. The van der Waals surface area contributed by atoms with Gasteiger partial charge in [0.15, 0.2) is 0 Å². The van der Waals surface area contributed by atoms with Crippen LogP contribution in [0.5, 0.6) is 0 Å². The number of nitrogens with zero attached hydrogens (tertiary/aromatic N) is 3. The number of H-pyrrole nitrogens is 1. The van der Waals surface area contributed by atoms with E-state index in [0.29, 0.717) is 25.3 Å². The number of imidazole rings is 1. The van der Waals surface area contributed by atoms with Crippen LogP contribution in [-0.2, 0) is 11.3 Å². The van der Waals surface area contributed by atoms with Crippen LogP contribution in [-0.4, -0.2) is 69.6 Å². The van der Waals surface area contributed by atoms with E-state index in [1.807, 2.05) is 42.0 Å². The molecule has 1 aliphatic heterocycles. The highest BCUT2D eigenvalue weighted by Crippen LogP contribution is 2.19. The molecular formula is C22H26FN5O2. The largest absolute Gasteiger partial charge is 0.390 e. The van der Waals surface area contributed by atoms with Gasteiger partial charge in [0.1, 0.15) is 11.6 Å². The van der Waals surface area contributed by atoms with Crippen LogP contribution < -0.4 is 5.32 Å². The molecule has 3 aromatic rings. The molecule has 2 aromatic carbocycles. The number of aromatic amines is 1. The number of hydrogen-bond acceptors (Lipinski definition) is 5.